The van der Waals surface area contributed by atoms with E-state index in [1.54, 1.807) is 23.9 Å². The second kappa shape index (κ2) is 9.53. The van der Waals surface area contributed by atoms with Gasteiger partial charge in [-0.1, -0.05) is 24.3 Å². The Morgan fingerprint density at radius 2 is 2.04 bits per heavy atom. The van der Waals surface area contributed by atoms with Gasteiger partial charge in [0.2, 0.25) is 0 Å². The lowest BCUT2D eigenvalue weighted by Gasteiger charge is -2.06. The smallest absolute Gasteiger partial charge is 0.264 e. The van der Waals surface area contributed by atoms with Crippen molar-refractivity contribution in [1.82, 2.24) is 4.98 Å². The van der Waals surface area contributed by atoms with Crippen molar-refractivity contribution in [3.63, 3.8) is 0 Å². The van der Waals surface area contributed by atoms with Crippen LogP contribution in [0.5, 0.6) is 5.75 Å². The number of carbonyl (C=O) groups is 1. The van der Waals surface area contributed by atoms with Crippen LogP contribution in [0.3, 0.4) is 0 Å². The standard InChI is InChI=1S/C20H19FN2O2S2/c1-14-3-2-4-18(9-14)25-10-19(24)23-20-22-17(13-27-20)12-26-11-15-5-7-16(21)8-6-15/h2-9,13H,10-12H2,1H3,(H,22,23,24). The van der Waals surface area contributed by atoms with Crippen LogP contribution < -0.4 is 10.1 Å². The maximum atomic E-state index is 12.9. The number of hydrogen-bond acceptors (Lipinski definition) is 5. The van der Waals surface area contributed by atoms with E-state index in [1.807, 2.05) is 36.6 Å². The Labute approximate surface area is 165 Å². The molecular formula is C20H19FN2O2S2. The van der Waals surface area contributed by atoms with Gasteiger partial charge in [-0.2, -0.15) is 11.8 Å². The number of rotatable bonds is 8. The minimum absolute atomic E-state index is 0.0579. The summed E-state index contributed by atoms with van der Waals surface area (Å²) in [6.07, 6.45) is 0. The number of halogens is 1. The number of nitrogens with one attached hydrogen (secondary N) is 1. The van der Waals surface area contributed by atoms with Gasteiger partial charge in [0, 0.05) is 16.9 Å². The molecule has 0 aliphatic rings. The summed E-state index contributed by atoms with van der Waals surface area (Å²) in [4.78, 5) is 16.4. The molecule has 2 aromatic carbocycles. The van der Waals surface area contributed by atoms with Crippen LogP contribution in [-0.4, -0.2) is 17.5 Å². The predicted octanol–water partition coefficient (Wildman–Crippen LogP) is 5.04. The molecule has 0 spiro atoms. The third-order valence-electron chi connectivity index (χ3n) is 3.59. The van der Waals surface area contributed by atoms with Gasteiger partial charge in [-0.15, -0.1) is 11.3 Å². The Bertz CT molecular complexity index is 897. The molecule has 1 aromatic heterocycles. The van der Waals surface area contributed by atoms with Crippen LogP contribution >= 0.6 is 23.1 Å². The number of thioether (sulfide) groups is 1. The summed E-state index contributed by atoms with van der Waals surface area (Å²) in [7, 11) is 0. The molecule has 0 aliphatic carbocycles. The molecule has 0 saturated heterocycles. The van der Waals surface area contributed by atoms with Crippen LogP contribution in [0.15, 0.2) is 53.9 Å². The number of amides is 1. The van der Waals surface area contributed by atoms with Crippen molar-refractivity contribution in [2.45, 2.75) is 18.4 Å². The van der Waals surface area contributed by atoms with Crippen molar-refractivity contribution >= 4 is 34.1 Å². The van der Waals surface area contributed by atoms with Gasteiger partial charge < -0.3 is 4.74 Å². The number of anilines is 1. The zero-order valence-electron chi connectivity index (χ0n) is 14.8. The Hall–Kier alpha value is -2.38. The number of thiazole rings is 1. The molecule has 4 nitrogen and oxygen atoms in total. The molecule has 140 valence electrons. The van der Waals surface area contributed by atoms with Gasteiger partial charge in [-0.05, 0) is 42.3 Å². The van der Waals surface area contributed by atoms with E-state index in [1.165, 1.54) is 23.5 Å². The summed E-state index contributed by atoms with van der Waals surface area (Å²) < 4.78 is 18.4. The number of benzene rings is 2. The van der Waals surface area contributed by atoms with Gasteiger partial charge in [0.15, 0.2) is 11.7 Å². The topological polar surface area (TPSA) is 51.2 Å². The Morgan fingerprint density at radius 1 is 1.22 bits per heavy atom. The molecule has 3 aromatic rings. The van der Waals surface area contributed by atoms with Gasteiger partial charge >= 0.3 is 0 Å². The lowest BCUT2D eigenvalue weighted by Crippen LogP contribution is -2.20. The molecule has 1 heterocycles. The van der Waals surface area contributed by atoms with E-state index in [-0.39, 0.29) is 18.3 Å². The molecule has 0 radical (unpaired) electrons. The first-order valence-electron chi connectivity index (χ1n) is 8.34. The number of nitrogens with zero attached hydrogens (tertiary/aromatic N) is 1. The number of ether oxygens (including phenoxy) is 1. The zero-order chi connectivity index (χ0) is 19.1. The Balaban J connectivity index is 1.41. The number of aromatic nitrogens is 1. The molecular weight excluding hydrogens is 383 g/mol. The summed E-state index contributed by atoms with van der Waals surface area (Å²) in [5.41, 5.74) is 3.05. The average molecular weight is 403 g/mol. The molecule has 0 unspecified atom stereocenters. The summed E-state index contributed by atoms with van der Waals surface area (Å²) in [6, 6.07) is 14.0. The second-order valence-corrected chi connectivity index (χ2v) is 7.76. The predicted molar refractivity (Wildman–Crippen MR) is 109 cm³/mol. The van der Waals surface area contributed by atoms with Crippen molar-refractivity contribution in [3.05, 3.63) is 76.5 Å². The first-order valence-corrected chi connectivity index (χ1v) is 10.4. The first-order chi connectivity index (χ1) is 13.1. The fourth-order valence-electron chi connectivity index (χ4n) is 2.29. The van der Waals surface area contributed by atoms with Crippen LogP contribution in [0.2, 0.25) is 0 Å². The van der Waals surface area contributed by atoms with E-state index in [4.69, 9.17) is 4.74 Å². The van der Waals surface area contributed by atoms with Crippen LogP contribution in [0, 0.1) is 12.7 Å². The molecule has 27 heavy (non-hydrogen) atoms. The fraction of sp³-hybridized carbons (Fsp3) is 0.200. The van der Waals surface area contributed by atoms with E-state index >= 15 is 0 Å². The van der Waals surface area contributed by atoms with Crippen LogP contribution in [0.4, 0.5) is 9.52 Å². The van der Waals surface area contributed by atoms with E-state index in [0.717, 1.165) is 28.3 Å². The number of hydrogen-bond donors (Lipinski definition) is 1. The summed E-state index contributed by atoms with van der Waals surface area (Å²) in [5, 5.41) is 5.24. The van der Waals surface area contributed by atoms with Gasteiger partial charge in [-0.25, -0.2) is 9.37 Å². The average Bonchev–Trinajstić information content (AvgIpc) is 3.09. The van der Waals surface area contributed by atoms with Crippen LogP contribution in [-0.2, 0) is 16.3 Å². The molecule has 7 heteroatoms. The molecule has 0 bridgehead atoms. The molecule has 0 saturated carbocycles. The van der Waals surface area contributed by atoms with E-state index < -0.39 is 0 Å². The van der Waals surface area contributed by atoms with Gasteiger partial charge in [0.1, 0.15) is 11.6 Å². The number of carbonyl (C=O) groups excluding carboxylic acids is 1. The highest BCUT2D eigenvalue weighted by Gasteiger charge is 2.08. The monoisotopic (exact) mass is 402 g/mol. The fourth-order valence-corrected chi connectivity index (χ4v) is 4.01. The normalized spacial score (nSPS) is 10.6. The molecule has 0 fully saturated rings. The number of aryl methyl sites for hydroxylation is 1. The zero-order valence-corrected chi connectivity index (χ0v) is 16.4. The molecule has 1 amide bonds. The minimum atomic E-state index is -0.239. The van der Waals surface area contributed by atoms with E-state index in [9.17, 15) is 9.18 Å². The maximum absolute atomic E-state index is 12.9. The highest BCUT2D eigenvalue weighted by atomic mass is 32.2. The first kappa shape index (κ1) is 19.4. The Morgan fingerprint density at radius 3 is 2.81 bits per heavy atom. The summed E-state index contributed by atoms with van der Waals surface area (Å²) >= 11 is 3.08. The summed E-state index contributed by atoms with van der Waals surface area (Å²) in [6.45, 7) is 1.91. The van der Waals surface area contributed by atoms with Crippen LogP contribution in [0.25, 0.3) is 0 Å². The third kappa shape index (κ3) is 6.37. The summed E-state index contributed by atoms with van der Waals surface area (Å²) in [5.74, 6) is 1.71. The lowest BCUT2D eigenvalue weighted by atomic mass is 10.2. The van der Waals surface area contributed by atoms with Crippen LogP contribution in [0.1, 0.15) is 16.8 Å². The molecule has 0 aliphatic heterocycles. The van der Waals surface area contributed by atoms with Gasteiger partial charge in [-0.3, -0.25) is 10.1 Å². The molecule has 3 rings (SSSR count). The SMILES string of the molecule is Cc1cccc(OCC(=O)Nc2nc(CSCc3ccc(F)cc3)cs2)c1. The quantitative estimate of drug-likeness (QED) is 0.573. The van der Waals surface area contributed by atoms with Crippen molar-refractivity contribution < 1.29 is 13.9 Å². The highest BCUT2D eigenvalue weighted by molar-refractivity contribution is 7.97. The van der Waals surface area contributed by atoms with Crippen molar-refractivity contribution in [1.29, 1.82) is 0 Å². The second-order valence-electron chi connectivity index (χ2n) is 5.92. The largest absolute Gasteiger partial charge is 0.484 e. The van der Waals surface area contributed by atoms with Gasteiger partial charge in [0.25, 0.3) is 5.91 Å². The molecule has 1 N–H and O–H groups in total. The third-order valence-corrected chi connectivity index (χ3v) is 5.43. The Kier molecular flexibility index (Phi) is 6.84. The lowest BCUT2D eigenvalue weighted by molar-refractivity contribution is -0.118. The van der Waals surface area contributed by atoms with E-state index in [0.29, 0.717) is 10.9 Å². The van der Waals surface area contributed by atoms with E-state index in [2.05, 4.69) is 10.3 Å². The van der Waals surface area contributed by atoms with Crippen molar-refractivity contribution in [2.75, 3.05) is 11.9 Å². The highest BCUT2D eigenvalue weighted by Crippen LogP contribution is 2.22. The maximum Gasteiger partial charge on any atom is 0.264 e. The van der Waals surface area contributed by atoms with Gasteiger partial charge in [0.05, 0.1) is 5.69 Å². The minimum Gasteiger partial charge on any atom is -0.484 e. The molecule has 0 atom stereocenters. The van der Waals surface area contributed by atoms with Crippen molar-refractivity contribution in [3.8, 4) is 5.75 Å². The van der Waals surface area contributed by atoms with Crippen molar-refractivity contribution in [2.24, 2.45) is 0 Å².